The first kappa shape index (κ1) is 13.4. The van der Waals surface area contributed by atoms with Gasteiger partial charge in [0.1, 0.15) is 18.2 Å². The van der Waals surface area contributed by atoms with Crippen molar-refractivity contribution >= 4 is 11.6 Å². The highest BCUT2D eigenvalue weighted by molar-refractivity contribution is 5.99. The lowest BCUT2D eigenvalue weighted by molar-refractivity contribution is 0.0734. The van der Waals surface area contributed by atoms with Crippen LogP contribution in [0, 0.1) is 5.82 Å². The van der Waals surface area contributed by atoms with Gasteiger partial charge in [-0.15, -0.1) is 0 Å². The van der Waals surface area contributed by atoms with Gasteiger partial charge in [0.25, 0.3) is 5.91 Å². The molecule has 0 atom stereocenters. The van der Waals surface area contributed by atoms with Crippen molar-refractivity contribution in [3.8, 4) is 5.75 Å². The fourth-order valence-corrected chi connectivity index (χ4v) is 2.39. The molecule has 0 unspecified atom stereocenters. The Bertz CT molecular complexity index is 688. The molecule has 0 radical (unpaired) electrons. The number of carbonyl (C=O) groups is 1. The van der Waals surface area contributed by atoms with E-state index in [2.05, 4.69) is 0 Å². The van der Waals surface area contributed by atoms with Gasteiger partial charge in [-0.1, -0.05) is 24.3 Å². The van der Waals surface area contributed by atoms with E-state index in [1.807, 2.05) is 24.3 Å². The predicted octanol–water partition coefficient (Wildman–Crippen LogP) is 2.44. The van der Waals surface area contributed by atoms with Crippen molar-refractivity contribution in [3.05, 3.63) is 59.4 Å². The maximum Gasteiger partial charge on any atom is 0.256 e. The average Bonchev–Trinajstić information content (AvgIpc) is 2.71. The fraction of sp³-hybridized carbons (Fsp3) is 0.188. The second-order valence-electron chi connectivity index (χ2n) is 4.88. The monoisotopic (exact) mass is 286 g/mol. The minimum Gasteiger partial charge on any atom is -0.491 e. The molecule has 2 aromatic carbocycles. The smallest absolute Gasteiger partial charge is 0.256 e. The molecule has 1 heterocycles. The van der Waals surface area contributed by atoms with Crippen LogP contribution in [0.2, 0.25) is 0 Å². The second-order valence-corrected chi connectivity index (χ2v) is 4.88. The van der Waals surface area contributed by atoms with Crippen LogP contribution in [0.1, 0.15) is 15.9 Å². The number of hydrogen-bond acceptors (Lipinski definition) is 3. The van der Waals surface area contributed by atoms with Crippen LogP contribution in [0.3, 0.4) is 0 Å². The molecule has 4 nitrogen and oxygen atoms in total. The van der Waals surface area contributed by atoms with Gasteiger partial charge in [0, 0.05) is 12.1 Å². The van der Waals surface area contributed by atoms with Crippen LogP contribution in [0.25, 0.3) is 0 Å². The largest absolute Gasteiger partial charge is 0.491 e. The molecule has 2 aromatic rings. The number of hydrogen-bond donors (Lipinski definition) is 1. The SMILES string of the molecule is Nc1c(F)cccc1C(=O)N1CCOc2ccccc2C1. The van der Waals surface area contributed by atoms with Crippen LogP contribution in [-0.4, -0.2) is 24.0 Å². The Morgan fingerprint density at radius 1 is 1.19 bits per heavy atom. The Balaban J connectivity index is 1.90. The molecule has 0 saturated heterocycles. The van der Waals surface area contributed by atoms with Gasteiger partial charge in [-0.2, -0.15) is 0 Å². The first-order chi connectivity index (χ1) is 10.2. The van der Waals surface area contributed by atoms with Crippen LogP contribution in [0.5, 0.6) is 5.75 Å². The number of ether oxygens (including phenoxy) is 1. The second kappa shape index (κ2) is 5.44. The van der Waals surface area contributed by atoms with Crippen LogP contribution < -0.4 is 10.5 Å². The number of rotatable bonds is 1. The van der Waals surface area contributed by atoms with E-state index < -0.39 is 5.82 Å². The Labute approximate surface area is 121 Å². The van der Waals surface area contributed by atoms with Crippen LogP contribution in [0.15, 0.2) is 42.5 Å². The molecule has 3 rings (SSSR count). The Morgan fingerprint density at radius 2 is 2.00 bits per heavy atom. The number of nitrogens with two attached hydrogens (primary N) is 1. The van der Waals surface area contributed by atoms with Crippen molar-refractivity contribution in [1.29, 1.82) is 0 Å². The lowest BCUT2D eigenvalue weighted by Crippen LogP contribution is -2.33. The maximum absolute atomic E-state index is 13.5. The zero-order valence-electron chi connectivity index (χ0n) is 11.4. The summed E-state index contributed by atoms with van der Waals surface area (Å²) in [5, 5.41) is 0. The van der Waals surface area contributed by atoms with E-state index >= 15 is 0 Å². The van der Waals surface area contributed by atoms with E-state index in [4.69, 9.17) is 10.5 Å². The normalized spacial score (nSPS) is 14.0. The molecule has 1 aliphatic rings. The summed E-state index contributed by atoms with van der Waals surface area (Å²) in [5.74, 6) is -0.0837. The molecule has 2 N–H and O–H groups in total. The molecule has 5 heteroatoms. The van der Waals surface area contributed by atoms with Crippen molar-refractivity contribution in [2.75, 3.05) is 18.9 Å². The average molecular weight is 286 g/mol. The number of nitrogen functional groups attached to an aromatic ring is 1. The van der Waals surface area contributed by atoms with Crippen molar-refractivity contribution in [2.45, 2.75) is 6.54 Å². The van der Waals surface area contributed by atoms with E-state index in [1.54, 1.807) is 11.0 Å². The Kier molecular flexibility index (Phi) is 3.48. The summed E-state index contributed by atoms with van der Waals surface area (Å²) in [4.78, 5) is 14.2. The predicted molar refractivity (Wildman–Crippen MR) is 77.5 cm³/mol. The molecule has 0 bridgehead atoms. The molecule has 0 spiro atoms. The molecule has 1 amide bonds. The first-order valence-electron chi connectivity index (χ1n) is 6.71. The van der Waals surface area contributed by atoms with Crippen molar-refractivity contribution in [3.63, 3.8) is 0 Å². The number of benzene rings is 2. The van der Waals surface area contributed by atoms with Crippen molar-refractivity contribution in [1.82, 2.24) is 4.90 Å². The summed E-state index contributed by atoms with van der Waals surface area (Å²) in [6.45, 7) is 1.26. The third-order valence-corrected chi connectivity index (χ3v) is 3.52. The van der Waals surface area contributed by atoms with E-state index in [0.29, 0.717) is 19.7 Å². The fourth-order valence-electron chi connectivity index (χ4n) is 2.39. The van der Waals surface area contributed by atoms with E-state index in [0.717, 1.165) is 11.3 Å². The van der Waals surface area contributed by atoms with Gasteiger partial charge in [-0.25, -0.2) is 4.39 Å². The zero-order chi connectivity index (χ0) is 14.8. The summed E-state index contributed by atoms with van der Waals surface area (Å²) in [7, 11) is 0. The third kappa shape index (κ3) is 2.54. The summed E-state index contributed by atoms with van der Waals surface area (Å²) in [5.41, 5.74) is 6.68. The minimum absolute atomic E-state index is 0.110. The van der Waals surface area contributed by atoms with Gasteiger partial charge in [0.15, 0.2) is 0 Å². The van der Waals surface area contributed by atoms with E-state index in [-0.39, 0.29) is 17.2 Å². The number of carbonyl (C=O) groups excluding carboxylic acids is 1. The number of halogens is 1. The van der Waals surface area contributed by atoms with Gasteiger partial charge in [-0.05, 0) is 18.2 Å². The van der Waals surface area contributed by atoms with E-state index in [1.165, 1.54) is 12.1 Å². The molecule has 108 valence electrons. The molecule has 0 aromatic heterocycles. The van der Waals surface area contributed by atoms with Gasteiger partial charge in [0.2, 0.25) is 0 Å². The molecular formula is C16H15FN2O2. The Hall–Kier alpha value is -2.56. The summed E-state index contributed by atoms with van der Waals surface area (Å²) in [6, 6.07) is 11.8. The van der Waals surface area contributed by atoms with Crippen molar-refractivity contribution in [2.24, 2.45) is 0 Å². The summed E-state index contributed by atoms with van der Waals surface area (Å²) >= 11 is 0. The maximum atomic E-state index is 13.5. The first-order valence-corrected chi connectivity index (χ1v) is 6.71. The molecule has 0 aliphatic carbocycles. The highest BCUT2D eigenvalue weighted by Gasteiger charge is 2.23. The zero-order valence-corrected chi connectivity index (χ0v) is 11.4. The number of anilines is 1. The highest BCUT2D eigenvalue weighted by Crippen LogP contribution is 2.25. The van der Waals surface area contributed by atoms with Crippen LogP contribution in [0.4, 0.5) is 10.1 Å². The third-order valence-electron chi connectivity index (χ3n) is 3.52. The number of para-hydroxylation sites is 2. The Morgan fingerprint density at radius 3 is 2.86 bits per heavy atom. The van der Waals surface area contributed by atoms with Gasteiger partial charge in [0.05, 0.1) is 17.8 Å². The lowest BCUT2D eigenvalue weighted by atomic mass is 10.1. The minimum atomic E-state index is -0.577. The molecule has 1 aliphatic heterocycles. The molecule has 0 saturated carbocycles. The van der Waals surface area contributed by atoms with Crippen LogP contribution in [-0.2, 0) is 6.54 Å². The van der Waals surface area contributed by atoms with Gasteiger partial charge >= 0.3 is 0 Å². The number of amides is 1. The topological polar surface area (TPSA) is 55.6 Å². The molecular weight excluding hydrogens is 271 g/mol. The lowest BCUT2D eigenvalue weighted by Gasteiger charge is -2.20. The standard InChI is InChI=1S/C16H15FN2O2/c17-13-6-3-5-12(15(13)18)16(20)19-8-9-21-14-7-2-1-4-11(14)10-19/h1-7H,8-10,18H2. The number of fused-ring (bicyclic) bond motifs is 1. The molecule has 0 fully saturated rings. The highest BCUT2D eigenvalue weighted by atomic mass is 19.1. The summed E-state index contributed by atoms with van der Waals surface area (Å²) in [6.07, 6.45) is 0. The summed E-state index contributed by atoms with van der Waals surface area (Å²) < 4.78 is 19.1. The quantitative estimate of drug-likeness (QED) is 0.819. The van der Waals surface area contributed by atoms with Crippen LogP contribution >= 0.6 is 0 Å². The number of nitrogens with zero attached hydrogens (tertiary/aromatic N) is 1. The van der Waals surface area contributed by atoms with Gasteiger partial charge in [-0.3, -0.25) is 4.79 Å². The van der Waals surface area contributed by atoms with Gasteiger partial charge < -0.3 is 15.4 Å². The molecule has 21 heavy (non-hydrogen) atoms. The van der Waals surface area contributed by atoms with E-state index in [9.17, 15) is 9.18 Å². The van der Waals surface area contributed by atoms with Crippen molar-refractivity contribution < 1.29 is 13.9 Å².